The Morgan fingerprint density at radius 1 is 0.754 bits per heavy atom. The third-order valence-electron chi connectivity index (χ3n) is 17.6. The molecule has 0 bridgehead atoms. The molecule has 13 nitrogen and oxygen atoms in total. The van der Waals surface area contributed by atoms with Crippen molar-refractivity contribution in [1.82, 2.24) is 0 Å². The monoisotopic (exact) mass is 808 g/mol. The number of carbonyl (C=O) groups excluding carboxylic acids is 1. The molecule has 0 aromatic heterocycles. The van der Waals surface area contributed by atoms with Gasteiger partial charge in [-0.1, -0.05) is 67.0 Å². The van der Waals surface area contributed by atoms with Gasteiger partial charge in [0.15, 0.2) is 18.7 Å². The van der Waals surface area contributed by atoms with Crippen LogP contribution in [0.3, 0.4) is 0 Å². The van der Waals surface area contributed by atoms with Gasteiger partial charge in [0, 0.05) is 5.41 Å². The van der Waals surface area contributed by atoms with E-state index in [0.717, 1.165) is 51.4 Å². The lowest BCUT2D eigenvalue weighted by Gasteiger charge is -2.71. The lowest BCUT2D eigenvalue weighted by Crippen LogP contribution is -2.67. The third-order valence-corrected chi connectivity index (χ3v) is 17.6. The number of carbonyl (C=O) groups is 1. The van der Waals surface area contributed by atoms with Crippen LogP contribution in [0.4, 0.5) is 0 Å². The summed E-state index contributed by atoms with van der Waals surface area (Å²) in [6.45, 7) is 19.9. The molecule has 2 saturated heterocycles. The number of allylic oxidation sites excluding steroid dienone is 2. The first kappa shape index (κ1) is 43.8. The minimum absolute atomic E-state index is 0.0166. The standard InChI is InChI=1S/C44H72O13/c1-10-53-36(52)34-31(49)32(50)35(57-37-33(51)30(48)29(47)24(21-45)54-37)38(56-34)55-28-14-15-42(7)25(40(28,4)5)13-16-44(9)26(42)12-11-22-23-19-39(2,3)20-27(46)41(23,6)17-18-43(22,44)8/h11,23-35,37-38,45-51H,10,12-21H2,1-9H3. The van der Waals surface area contributed by atoms with Crippen LogP contribution in [0.15, 0.2) is 11.6 Å². The van der Waals surface area contributed by atoms with Crippen molar-refractivity contribution in [3.63, 3.8) is 0 Å². The highest BCUT2D eigenvalue weighted by Gasteiger charge is 2.69. The first-order chi connectivity index (χ1) is 26.5. The summed E-state index contributed by atoms with van der Waals surface area (Å²) in [4.78, 5) is 13.0. The van der Waals surface area contributed by atoms with Gasteiger partial charge in [0.2, 0.25) is 0 Å². The van der Waals surface area contributed by atoms with Crippen LogP contribution < -0.4 is 0 Å². The number of rotatable bonds is 7. The SMILES string of the molecule is CCOC(=O)C1OC(OC2CCC3(C)C(CCC4(C)C3CC=C3C5CC(C)(C)CC(O)C5(C)CCC34C)C2(C)C)C(OC2OC(CO)C(O)C(O)C2O)C(O)C1O. The zero-order chi connectivity index (χ0) is 41.8. The average molecular weight is 809 g/mol. The van der Waals surface area contributed by atoms with Gasteiger partial charge in [0.1, 0.15) is 42.7 Å². The molecular weight excluding hydrogens is 736 g/mol. The largest absolute Gasteiger partial charge is 0.464 e. The van der Waals surface area contributed by atoms with Crippen molar-refractivity contribution in [2.45, 2.75) is 194 Å². The predicted octanol–water partition coefficient (Wildman–Crippen LogP) is 3.36. The normalized spacial score (nSPS) is 53.0. The second-order valence-electron chi connectivity index (χ2n) is 21.4. The molecule has 0 spiro atoms. The number of esters is 1. The summed E-state index contributed by atoms with van der Waals surface area (Å²) in [7, 11) is 0. The lowest BCUT2D eigenvalue weighted by molar-refractivity contribution is -0.374. The Kier molecular flexibility index (Phi) is 11.5. The van der Waals surface area contributed by atoms with E-state index in [1.165, 1.54) is 0 Å². The van der Waals surface area contributed by atoms with Gasteiger partial charge in [-0.2, -0.15) is 0 Å². The van der Waals surface area contributed by atoms with E-state index in [9.17, 15) is 40.5 Å². The number of aliphatic hydroxyl groups excluding tert-OH is 7. The maximum Gasteiger partial charge on any atom is 0.338 e. The lowest BCUT2D eigenvalue weighted by atomic mass is 9.33. The van der Waals surface area contributed by atoms with Crippen molar-refractivity contribution in [1.29, 1.82) is 0 Å². The predicted molar refractivity (Wildman–Crippen MR) is 207 cm³/mol. The number of hydrogen-bond donors (Lipinski definition) is 7. The zero-order valence-electron chi connectivity index (χ0n) is 35.6. The Labute approximate surface area is 338 Å². The minimum Gasteiger partial charge on any atom is -0.464 e. The van der Waals surface area contributed by atoms with Crippen LogP contribution in [0.5, 0.6) is 0 Å². The van der Waals surface area contributed by atoms with Gasteiger partial charge in [-0.15, -0.1) is 0 Å². The molecule has 2 heterocycles. The van der Waals surface area contributed by atoms with Crippen molar-refractivity contribution >= 4 is 5.97 Å². The van der Waals surface area contributed by atoms with E-state index in [2.05, 4.69) is 61.5 Å². The molecule has 0 radical (unpaired) electrons. The zero-order valence-corrected chi connectivity index (χ0v) is 35.6. The maximum absolute atomic E-state index is 13.0. The Morgan fingerprint density at radius 2 is 1.46 bits per heavy atom. The molecule has 13 heteroatoms. The van der Waals surface area contributed by atoms with Crippen LogP contribution in [0.25, 0.3) is 0 Å². The molecule has 7 rings (SSSR count). The summed E-state index contributed by atoms with van der Waals surface area (Å²) in [6.07, 6.45) is -5.72. The molecule has 326 valence electrons. The summed E-state index contributed by atoms with van der Waals surface area (Å²) in [5.41, 5.74) is 1.18. The summed E-state index contributed by atoms with van der Waals surface area (Å²) in [6, 6.07) is 0. The van der Waals surface area contributed by atoms with Gasteiger partial charge in [-0.05, 0) is 110 Å². The van der Waals surface area contributed by atoms with E-state index in [1.54, 1.807) is 12.5 Å². The van der Waals surface area contributed by atoms with Crippen molar-refractivity contribution in [3.8, 4) is 0 Å². The van der Waals surface area contributed by atoms with Gasteiger partial charge in [-0.3, -0.25) is 0 Å². The summed E-state index contributed by atoms with van der Waals surface area (Å²) in [5.74, 6) is 0.148. The molecule has 19 atom stereocenters. The van der Waals surface area contributed by atoms with E-state index in [1.807, 2.05) is 0 Å². The quantitative estimate of drug-likeness (QED) is 0.112. The van der Waals surface area contributed by atoms with E-state index in [-0.39, 0.29) is 45.7 Å². The summed E-state index contributed by atoms with van der Waals surface area (Å²) < 4.78 is 29.8. The number of aliphatic hydroxyl groups is 7. The van der Waals surface area contributed by atoms with E-state index in [0.29, 0.717) is 18.3 Å². The highest BCUT2D eigenvalue weighted by Crippen LogP contribution is 2.76. The van der Waals surface area contributed by atoms with Gasteiger partial charge in [-0.25, -0.2) is 4.79 Å². The fraction of sp³-hybridized carbons (Fsp3) is 0.932. The number of fused-ring (bicyclic) bond motifs is 7. The van der Waals surface area contributed by atoms with Crippen molar-refractivity contribution in [2.24, 2.45) is 50.2 Å². The fourth-order valence-electron chi connectivity index (χ4n) is 13.9. The van der Waals surface area contributed by atoms with E-state index < -0.39 is 85.5 Å². The van der Waals surface area contributed by atoms with Crippen LogP contribution in [-0.4, -0.2) is 129 Å². The van der Waals surface area contributed by atoms with Crippen molar-refractivity contribution in [3.05, 3.63) is 11.6 Å². The number of hydrogen-bond acceptors (Lipinski definition) is 13. The number of ether oxygens (including phenoxy) is 5. The molecular formula is C44H72O13. The van der Waals surface area contributed by atoms with Crippen LogP contribution in [-0.2, 0) is 28.5 Å². The molecule has 5 aliphatic carbocycles. The Morgan fingerprint density at radius 3 is 2.12 bits per heavy atom. The second-order valence-corrected chi connectivity index (χ2v) is 21.4. The fourth-order valence-corrected chi connectivity index (χ4v) is 13.9. The Hall–Kier alpha value is -1.23. The van der Waals surface area contributed by atoms with Gasteiger partial charge < -0.3 is 59.4 Å². The maximum atomic E-state index is 13.0. The van der Waals surface area contributed by atoms with Gasteiger partial charge in [0.05, 0.1) is 25.4 Å². The summed E-state index contributed by atoms with van der Waals surface area (Å²) in [5, 5.41) is 75.6. The molecule has 2 aliphatic heterocycles. The average Bonchev–Trinajstić information content (AvgIpc) is 3.13. The summed E-state index contributed by atoms with van der Waals surface area (Å²) >= 11 is 0. The topological polar surface area (TPSA) is 205 Å². The molecule has 6 fully saturated rings. The van der Waals surface area contributed by atoms with Crippen molar-refractivity contribution < 1.29 is 64.2 Å². The second kappa shape index (κ2) is 15.0. The molecule has 0 aromatic carbocycles. The highest BCUT2D eigenvalue weighted by atomic mass is 16.8. The molecule has 7 N–H and O–H groups in total. The highest BCUT2D eigenvalue weighted by molar-refractivity contribution is 5.75. The molecule has 19 unspecified atom stereocenters. The Bertz CT molecular complexity index is 1530. The van der Waals surface area contributed by atoms with Crippen LogP contribution in [0.1, 0.15) is 120 Å². The minimum atomic E-state index is -1.79. The molecule has 7 aliphatic rings. The van der Waals surface area contributed by atoms with E-state index >= 15 is 0 Å². The first-order valence-electron chi connectivity index (χ1n) is 21.7. The van der Waals surface area contributed by atoms with E-state index in [4.69, 9.17) is 23.7 Å². The van der Waals surface area contributed by atoms with Crippen LogP contribution >= 0.6 is 0 Å². The smallest absolute Gasteiger partial charge is 0.338 e. The Balaban J connectivity index is 1.16. The molecule has 0 aromatic rings. The first-order valence-corrected chi connectivity index (χ1v) is 21.7. The van der Waals surface area contributed by atoms with Gasteiger partial charge >= 0.3 is 5.97 Å². The molecule has 0 amide bonds. The van der Waals surface area contributed by atoms with Crippen molar-refractivity contribution in [2.75, 3.05) is 13.2 Å². The van der Waals surface area contributed by atoms with Crippen LogP contribution in [0.2, 0.25) is 0 Å². The molecule has 4 saturated carbocycles. The van der Waals surface area contributed by atoms with Gasteiger partial charge in [0.25, 0.3) is 0 Å². The van der Waals surface area contributed by atoms with Crippen LogP contribution in [0, 0.1) is 50.2 Å². The molecule has 57 heavy (non-hydrogen) atoms. The third kappa shape index (κ3) is 6.71.